The van der Waals surface area contributed by atoms with Gasteiger partial charge in [0.25, 0.3) is 11.7 Å². The number of anilines is 1. The predicted molar refractivity (Wildman–Crippen MR) is 227 cm³/mol. The number of Topliss-reactive ketones (excluding diaryl/α,β-unsaturated/α-hetero) is 1. The van der Waals surface area contributed by atoms with Crippen LogP contribution in [0.25, 0.3) is 10.8 Å². The molecular weight excluding hydrogens is 773 g/mol. The second-order valence-electron chi connectivity index (χ2n) is 17.2. The summed E-state index contributed by atoms with van der Waals surface area (Å²) in [5, 5.41) is 78.4. The molecule has 1 aliphatic carbocycles. The normalized spacial score (nSPS) is 32.6. The van der Waals surface area contributed by atoms with Gasteiger partial charge in [0.2, 0.25) is 0 Å². The number of aliphatic hydroxyl groups excluding tert-OH is 3. The number of benzene rings is 2. The first-order valence-corrected chi connectivity index (χ1v) is 21.0. The summed E-state index contributed by atoms with van der Waals surface area (Å²) in [6.45, 7) is 14.1. The molecule has 0 aromatic heterocycles. The number of rotatable bonds is 4. The van der Waals surface area contributed by atoms with E-state index in [0.29, 0.717) is 19.1 Å². The second kappa shape index (κ2) is 18.1. The summed E-state index contributed by atoms with van der Waals surface area (Å²) >= 11 is 0. The molecule has 4 heterocycles. The number of fused-ring (bicyclic) bond motifs is 14. The highest BCUT2D eigenvalue weighted by Gasteiger charge is 2.50. The summed E-state index contributed by atoms with van der Waals surface area (Å²) in [6.07, 6.45) is 9.71. The number of aliphatic hydroxyl groups is 3. The third kappa shape index (κ3) is 8.47. The molecule has 0 unspecified atom stereocenters. The van der Waals surface area contributed by atoms with Gasteiger partial charge in [0, 0.05) is 86.4 Å². The lowest BCUT2D eigenvalue weighted by atomic mass is 9.78. The number of methoxy groups -OCH3 is 1. The van der Waals surface area contributed by atoms with E-state index in [9.17, 15) is 40.2 Å². The SMILES string of the molecule is CO[C@H]1/C=C/O[C@@]2(C)Oc3c(C)c(O)c4c(O)c(c(/C=N/N5CCN(C6CCCC6)CC5)c(O)c4c3C2=O)NC(=O)C(C)=C/C=C/[C@@H](C)[C@@H](O)[C@@H](C)[C@H](O)[C@@H](C)[C@H](O)[C@@H]1C. The van der Waals surface area contributed by atoms with Crippen molar-refractivity contribution in [3.63, 3.8) is 0 Å². The average Bonchev–Trinajstić information content (AvgIpc) is 3.87. The van der Waals surface area contributed by atoms with Crippen LogP contribution in [0.4, 0.5) is 5.69 Å². The van der Waals surface area contributed by atoms with E-state index in [1.54, 1.807) is 46.8 Å². The van der Waals surface area contributed by atoms with Crippen molar-refractivity contribution >= 4 is 34.4 Å². The molecule has 1 saturated heterocycles. The quantitative estimate of drug-likeness (QED) is 0.122. The number of carbonyl (C=O) groups excluding carboxylic acids is 2. The Balaban J connectivity index is 1.46. The lowest BCUT2D eigenvalue weighted by Gasteiger charge is -2.36. The van der Waals surface area contributed by atoms with Crippen molar-refractivity contribution in [2.75, 3.05) is 38.6 Å². The number of carbonyl (C=O) groups is 2. The molecular formula is C45H62N4O11. The van der Waals surface area contributed by atoms with Gasteiger partial charge in [0.05, 0.1) is 59.1 Å². The molecule has 5 aliphatic rings. The Morgan fingerprint density at radius 3 is 2.15 bits per heavy atom. The van der Waals surface area contributed by atoms with Crippen LogP contribution >= 0.6 is 0 Å². The van der Waals surface area contributed by atoms with Crippen LogP contribution in [0.15, 0.2) is 41.2 Å². The molecule has 328 valence electrons. The lowest BCUT2D eigenvalue weighted by Crippen LogP contribution is -2.47. The molecule has 60 heavy (non-hydrogen) atoms. The zero-order chi connectivity index (χ0) is 43.8. The summed E-state index contributed by atoms with van der Waals surface area (Å²) in [5.74, 6) is -7.52. The molecule has 5 bridgehead atoms. The average molecular weight is 835 g/mol. The fourth-order valence-electron chi connectivity index (χ4n) is 9.08. The van der Waals surface area contributed by atoms with Crippen molar-refractivity contribution < 1.29 is 54.4 Å². The Bertz CT molecular complexity index is 2070. The Kier molecular flexibility index (Phi) is 13.6. The van der Waals surface area contributed by atoms with E-state index in [4.69, 9.17) is 14.2 Å². The van der Waals surface area contributed by atoms with Gasteiger partial charge < -0.3 is 50.2 Å². The van der Waals surface area contributed by atoms with Gasteiger partial charge in [-0.1, -0.05) is 58.8 Å². The van der Waals surface area contributed by atoms with Gasteiger partial charge in [-0.25, -0.2) is 0 Å². The molecule has 0 radical (unpaired) electrons. The van der Waals surface area contributed by atoms with Gasteiger partial charge in [0.1, 0.15) is 17.2 Å². The topological polar surface area (TPSA) is 214 Å². The molecule has 15 heteroatoms. The Morgan fingerprint density at radius 2 is 1.50 bits per heavy atom. The van der Waals surface area contributed by atoms with Crippen LogP contribution in [0.2, 0.25) is 0 Å². The fourth-order valence-corrected chi connectivity index (χ4v) is 9.08. The van der Waals surface area contributed by atoms with Crippen LogP contribution in [-0.2, 0) is 14.3 Å². The number of nitrogens with zero attached hydrogens (tertiary/aromatic N) is 3. The van der Waals surface area contributed by atoms with Gasteiger partial charge in [-0.3, -0.25) is 19.5 Å². The van der Waals surface area contributed by atoms with Gasteiger partial charge in [-0.15, -0.1) is 0 Å². The summed E-state index contributed by atoms with van der Waals surface area (Å²) in [6, 6.07) is 0.561. The number of phenols is 3. The van der Waals surface area contributed by atoms with Crippen LogP contribution < -0.4 is 10.1 Å². The minimum atomic E-state index is -2.01. The molecule has 0 spiro atoms. The van der Waals surface area contributed by atoms with Crippen molar-refractivity contribution in [3.8, 4) is 23.0 Å². The maximum Gasteiger partial charge on any atom is 0.312 e. The number of phenolic OH excluding ortho intramolecular Hbond substituents is 3. The highest BCUT2D eigenvalue weighted by atomic mass is 16.7. The second-order valence-corrected chi connectivity index (χ2v) is 17.2. The number of ether oxygens (including phenoxy) is 3. The van der Waals surface area contributed by atoms with Crippen molar-refractivity contribution in [2.45, 2.75) is 110 Å². The molecule has 1 amide bonds. The van der Waals surface area contributed by atoms with E-state index >= 15 is 0 Å². The smallest absolute Gasteiger partial charge is 0.312 e. The van der Waals surface area contributed by atoms with E-state index in [1.165, 1.54) is 71.3 Å². The molecule has 1 saturated carbocycles. The number of allylic oxidation sites excluding steroid dienone is 2. The van der Waals surface area contributed by atoms with Crippen LogP contribution in [0, 0.1) is 30.6 Å². The summed E-state index contributed by atoms with van der Waals surface area (Å²) in [4.78, 5) is 30.7. The van der Waals surface area contributed by atoms with Gasteiger partial charge in [-0.2, -0.15) is 5.10 Å². The molecule has 2 fully saturated rings. The third-order valence-electron chi connectivity index (χ3n) is 13.3. The Morgan fingerprint density at radius 1 is 0.867 bits per heavy atom. The number of nitrogens with one attached hydrogen (secondary N) is 1. The minimum absolute atomic E-state index is 0.0742. The number of ketones is 1. The number of aromatic hydroxyl groups is 3. The van der Waals surface area contributed by atoms with Crippen LogP contribution in [0.5, 0.6) is 23.0 Å². The number of piperazine rings is 1. The summed E-state index contributed by atoms with van der Waals surface area (Å²) < 4.78 is 17.8. The summed E-state index contributed by atoms with van der Waals surface area (Å²) in [5.41, 5.74) is -0.233. The van der Waals surface area contributed by atoms with Crippen molar-refractivity contribution in [1.82, 2.24) is 9.91 Å². The van der Waals surface area contributed by atoms with Crippen molar-refractivity contribution in [1.29, 1.82) is 0 Å². The van der Waals surface area contributed by atoms with Gasteiger partial charge in [0.15, 0.2) is 5.75 Å². The number of hydrazone groups is 1. The van der Waals surface area contributed by atoms with E-state index in [0.717, 1.165) is 13.1 Å². The van der Waals surface area contributed by atoms with E-state index in [-0.39, 0.29) is 44.5 Å². The third-order valence-corrected chi connectivity index (χ3v) is 13.3. The molecule has 4 aliphatic heterocycles. The number of hydrogen-bond donors (Lipinski definition) is 7. The van der Waals surface area contributed by atoms with Crippen molar-refractivity contribution in [3.05, 3.63) is 52.8 Å². The molecule has 2 aromatic carbocycles. The fraction of sp³-hybridized carbons (Fsp3) is 0.578. The van der Waals surface area contributed by atoms with E-state index in [2.05, 4.69) is 15.3 Å². The standard InChI is InChI=1S/C45H62N4O11/c1-23-12-11-13-24(2)44(57)47-35-30(22-46-49-19-17-48(18-20-49)29-14-9-10-15-29)40(54)32-33(41(35)55)39(53)28(6)42-34(32)43(56)45(7,60-42)59-21-16-31(58-8)25(3)37(51)27(5)38(52)26(4)36(23)50/h11-13,16,21-23,25-27,29,31,36-38,50-55H,9-10,14-15,17-20H2,1-8H3,(H,47,57)/b12-11+,21-16+,24-13?,46-22+/t23-,25-,26-,27+,31+,36-,37-,38+,45+/m1/s1. The molecule has 9 atom stereocenters. The van der Waals surface area contributed by atoms with Gasteiger partial charge in [-0.05, 0) is 32.8 Å². The zero-order valence-corrected chi connectivity index (χ0v) is 35.9. The molecule has 7 rings (SSSR count). The minimum Gasteiger partial charge on any atom is -0.507 e. The first-order chi connectivity index (χ1) is 28.4. The maximum atomic E-state index is 14.4. The Labute approximate surface area is 351 Å². The molecule has 7 N–H and O–H groups in total. The van der Waals surface area contributed by atoms with Crippen LogP contribution in [0.1, 0.15) is 88.7 Å². The van der Waals surface area contributed by atoms with Crippen LogP contribution in [0.3, 0.4) is 0 Å². The zero-order valence-electron chi connectivity index (χ0n) is 35.9. The van der Waals surface area contributed by atoms with E-state index in [1.807, 2.05) is 5.01 Å². The first-order valence-electron chi connectivity index (χ1n) is 21.0. The number of amides is 1. The maximum absolute atomic E-state index is 14.4. The number of hydrogen-bond acceptors (Lipinski definition) is 14. The lowest BCUT2D eigenvalue weighted by molar-refractivity contribution is -0.112. The highest BCUT2D eigenvalue weighted by molar-refractivity contribution is 6.23. The Hall–Kier alpha value is -4.67. The largest absolute Gasteiger partial charge is 0.507 e. The molecule has 15 nitrogen and oxygen atoms in total. The van der Waals surface area contributed by atoms with Crippen molar-refractivity contribution in [2.24, 2.45) is 28.8 Å². The summed E-state index contributed by atoms with van der Waals surface area (Å²) in [7, 11) is 1.45. The predicted octanol–water partition coefficient (Wildman–Crippen LogP) is 5.08. The molecule has 2 aromatic rings. The monoisotopic (exact) mass is 834 g/mol. The van der Waals surface area contributed by atoms with E-state index < -0.39 is 82.8 Å². The van der Waals surface area contributed by atoms with Crippen LogP contribution in [-0.4, -0.2) is 128 Å². The van der Waals surface area contributed by atoms with Gasteiger partial charge >= 0.3 is 5.79 Å². The highest BCUT2D eigenvalue weighted by Crippen LogP contribution is 2.55. The first kappa shape index (κ1) is 44.9.